The number of hydrogen-bond acceptors (Lipinski definition) is 2. The van der Waals surface area contributed by atoms with E-state index in [1.165, 1.54) is 5.57 Å². The zero-order valence-corrected chi connectivity index (χ0v) is 15.8. The third-order valence-electron chi connectivity index (χ3n) is 4.99. The lowest BCUT2D eigenvalue weighted by molar-refractivity contribution is -0.140. The first-order valence-electron chi connectivity index (χ1n) is 9.55. The van der Waals surface area contributed by atoms with E-state index in [0.717, 1.165) is 53.2 Å². The van der Waals surface area contributed by atoms with Gasteiger partial charge < -0.3 is 4.74 Å². The van der Waals surface area contributed by atoms with Crippen molar-refractivity contribution in [3.8, 4) is 0 Å². The largest absolute Gasteiger partial charge is 0.449 e. The summed E-state index contributed by atoms with van der Waals surface area (Å²) in [4.78, 5) is 12.5. The van der Waals surface area contributed by atoms with Crippen molar-refractivity contribution >= 4 is 16.7 Å². The highest BCUT2D eigenvalue weighted by atomic mass is 16.5. The van der Waals surface area contributed by atoms with Gasteiger partial charge in [-0.15, -0.1) is 5.73 Å². The predicted molar refractivity (Wildman–Crippen MR) is 107 cm³/mol. The van der Waals surface area contributed by atoms with E-state index in [1.807, 2.05) is 24.3 Å². The number of rotatable bonds is 6. The molecule has 0 spiro atoms. The third-order valence-corrected chi connectivity index (χ3v) is 4.99. The van der Waals surface area contributed by atoms with Crippen LogP contribution >= 0.6 is 0 Å². The molecule has 0 saturated carbocycles. The maximum absolute atomic E-state index is 12.5. The summed E-state index contributed by atoms with van der Waals surface area (Å²) >= 11 is 0. The van der Waals surface area contributed by atoms with E-state index in [0.29, 0.717) is 0 Å². The number of fused-ring (bicyclic) bond motifs is 1. The van der Waals surface area contributed by atoms with Crippen LogP contribution in [0, 0.1) is 0 Å². The van der Waals surface area contributed by atoms with Crippen LogP contribution in [0.2, 0.25) is 0 Å². The summed E-state index contributed by atoms with van der Waals surface area (Å²) in [5.74, 6) is -0.188. The molecule has 0 amide bonds. The predicted octanol–water partition coefficient (Wildman–Crippen LogP) is 6.44. The van der Waals surface area contributed by atoms with Gasteiger partial charge in [-0.05, 0) is 41.7 Å². The average Bonchev–Trinajstić information content (AvgIpc) is 2.98. The van der Waals surface area contributed by atoms with Crippen molar-refractivity contribution in [2.24, 2.45) is 0 Å². The van der Waals surface area contributed by atoms with Crippen LogP contribution < -0.4 is 0 Å². The van der Waals surface area contributed by atoms with Gasteiger partial charge in [0.1, 0.15) is 0 Å². The van der Waals surface area contributed by atoms with Crippen LogP contribution in [0.15, 0.2) is 71.0 Å². The molecule has 26 heavy (non-hydrogen) atoms. The molecular weight excluding hydrogens is 320 g/mol. The van der Waals surface area contributed by atoms with Crippen LogP contribution in [-0.2, 0) is 9.53 Å². The Hall–Kier alpha value is -2.57. The zero-order chi connectivity index (χ0) is 18.5. The van der Waals surface area contributed by atoms with E-state index >= 15 is 0 Å². The minimum atomic E-state index is -0.349. The first kappa shape index (κ1) is 18.2. The Morgan fingerprint density at radius 2 is 1.81 bits per heavy atom. The van der Waals surface area contributed by atoms with Gasteiger partial charge in [0.15, 0.2) is 6.10 Å². The summed E-state index contributed by atoms with van der Waals surface area (Å²) in [5.41, 5.74) is 7.48. The lowest BCUT2D eigenvalue weighted by Gasteiger charge is -2.15. The summed E-state index contributed by atoms with van der Waals surface area (Å²) in [6.07, 6.45) is 5.24. The Bertz CT molecular complexity index is 899. The van der Waals surface area contributed by atoms with E-state index < -0.39 is 0 Å². The minimum absolute atomic E-state index is 0.188. The highest BCUT2D eigenvalue weighted by Gasteiger charge is 2.33. The van der Waals surface area contributed by atoms with Gasteiger partial charge in [0.2, 0.25) is 0 Å². The first-order valence-corrected chi connectivity index (χ1v) is 9.55. The second-order valence-corrected chi connectivity index (χ2v) is 6.64. The van der Waals surface area contributed by atoms with Gasteiger partial charge in [-0.25, -0.2) is 4.79 Å². The molecule has 0 aromatic heterocycles. The highest BCUT2D eigenvalue weighted by molar-refractivity contribution is 5.95. The standard InChI is InChI=1S/C24H26O2/c1-4-10-22-21(16-15-17(5-2)6-3)23(26-24(22)25)20-14-9-12-18-11-7-8-13-19(18)20/h7-9,11-14,16,23H,4-6,10H2,1-3H3. The van der Waals surface area contributed by atoms with Crippen molar-refractivity contribution in [2.45, 2.75) is 52.6 Å². The second-order valence-electron chi connectivity index (χ2n) is 6.64. The lowest BCUT2D eigenvalue weighted by Crippen LogP contribution is -2.03. The fraction of sp³-hybridized carbons (Fsp3) is 0.333. The van der Waals surface area contributed by atoms with Crippen molar-refractivity contribution in [1.82, 2.24) is 0 Å². The Labute approximate surface area is 155 Å². The Kier molecular flexibility index (Phi) is 5.75. The number of carbonyl (C=O) groups is 1. The molecule has 2 nitrogen and oxygen atoms in total. The first-order chi connectivity index (χ1) is 12.7. The third kappa shape index (κ3) is 3.52. The fourth-order valence-electron chi connectivity index (χ4n) is 3.52. The van der Waals surface area contributed by atoms with Crippen LogP contribution in [-0.4, -0.2) is 5.97 Å². The molecule has 1 heterocycles. The van der Waals surface area contributed by atoms with Gasteiger partial charge in [0.05, 0.1) is 0 Å². The fourth-order valence-corrected chi connectivity index (χ4v) is 3.52. The molecule has 0 saturated heterocycles. The molecule has 3 rings (SSSR count). The van der Waals surface area contributed by atoms with Gasteiger partial charge in [-0.3, -0.25) is 0 Å². The highest BCUT2D eigenvalue weighted by Crippen LogP contribution is 2.40. The van der Waals surface area contributed by atoms with Crippen molar-refractivity contribution in [1.29, 1.82) is 0 Å². The van der Waals surface area contributed by atoms with Crippen molar-refractivity contribution < 1.29 is 9.53 Å². The van der Waals surface area contributed by atoms with Crippen LogP contribution in [0.3, 0.4) is 0 Å². The Balaban J connectivity index is 2.16. The molecule has 0 bridgehead atoms. The summed E-state index contributed by atoms with van der Waals surface area (Å²) in [6, 6.07) is 14.4. The maximum Gasteiger partial charge on any atom is 0.335 e. The van der Waals surface area contributed by atoms with Crippen LogP contribution in [0.5, 0.6) is 0 Å². The van der Waals surface area contributed by atoms with Crippen LogP contribution in [0.25, 0.3) is 10.8 Å². The molecule has 1 atom stereocenters. The number of carbonyl (C=O) groups excluding carboxylic acids is 1. The van der Waals surface area contributed by atoms with E-state index in [-0.39, 0.29) is 12.1 Å². The lowest BCUT2D eigenvalue weighted by atomic mass is 9.93. The van der Waals surface area contributed by atoms with E-state index in [4.69, 9.17) is 4.74 Å². The summed E-state index contributed by atoms with van der Waals surface area (Å²) in [5, 5.41) is 2.29. The maximum atomic E-state index is 12.5. The number of esters is 1. The van der Waals surface area contributed by atoms with Crippen LogP contribution in [0.4, 0.5) is 0 Å². The Morgan fingerprint density at radius 1 is 1.08 bits per heavy atom. The summed E-state index contributed by atoms with van der Waals surface area (Å²) < 4.78 is 5.84. The van der Waals surface area contributed by atoms with Gasteiger partial charge in [-0.1, -0.05) is 69.7 Å². The molecule has 0 radical (unpaired) electrons. The average molecular weight is 346 g/mol. The SMILES string of the molecule is CCCC1=C(C=C=C(CC)CC)C(c2cccc3ccccc23)OC1=O. The van der Waals surface area contributed by atoms with Crippen molar-refractivity contribution in [3.63, 3.8) is 0 Å². The minimum Gasteiger partial charge on any atom is -0.449 e. The second kappa shape index (κ2) is 8.21. The van der Waals surface area contributed by atoms with Crippen molar-refractivity contribution in [3.05, 3.63) is 76.6 Å². The number of cyclic esters (lactones) is 1. The molecule has 1 aliphatic heterocycles. The zero-order valence-electron chi connectivity index (χ0n) is 15.8. The molecule has 0 N–H and O–H groups in total. The summed E-state index contributed by atoms with van der Waals surface area (Å²) in [6.45, 7) is 6.37. The smallest absolute Gasteiger partial charge is 0.335 e. The van der Waals surface area contributed by atoms with E-state index in [9.17, 15) is 4.79 Å². The Morgan fingerprint density at radius 3 is 2.54 bits per heavy atom. The van der Waals surface area contributed by atoms with E-state index in [1.54, 1.807) is 0 Å². The molecule has 2 aromatic carbocycles. The quantitative estimate of drug-likeness (QED) is 0.444. The normalized spacial score (nSPS) is 16.6. The van der Waals surface area contributed by atoms with Gasteiger partial charge in [0, 0.05) is 16.7 Å². The molecule has 0 aliphatic carbocycles. The molecular formula is C24H26O2. The van der Waals surface area contributed by atoms with Gasteiger partial charge >= 0.3 is 5.97 Å². The van der Waals surface area contributed by atoms with Crippen molar-refractivity contribution in [2.75, 3.05) is 0 Å². The molecule has 1 aliphatic rings. The molecule has 2 heteroatoms. The monoisotopic (exact) mass is 346 g/mol. The topological polar surface area (TPSA) is 26.3 Å². The number of hydrogen-bond donors (Lipinski definition) is 0. The van der Waals surface area contributed by atoms with Crippen LogP contribution in [0.1, 0.15) is 58.1 Å². The molecule has 2 aromatic rings. The number of ether oxygens (including phenoxy) is 1. The molecule has 1 unspecified atom stereocenters. The van der Waals surface area contributed by atoms with Gasteiger partial charge in [0.25, 0.3) is 0 Å². The number of benzene rings is 2. The molecule has 0 fully saturated rings. The van der Waals surface area contributed by atoms with Gasteiger partial charge in [-0.2, -0.15) is 0 Å². The van der Waals surface area contributed by atoms with E-state index in [2.05, 4.69) is 50.8 Å². The molecule has 134 valence electrons. The summed E-state index contributed by atoms with van der Waals surface area (Å²) in [7, 11) is 0.